The predicted molar refractivity (Wildman–Crippen MR) is 63.6 cm³/mol. The van der Waals surface area contributed by atoms with Gasteiger partial charge in [0.25, 0.3) is 0 Å². The molecule has 1 aromatic carbocycles. The van der Waals surface area contributed by atoms with Gasteiger partial charge in [-0.05, 0) is 32.0 Å². The summed E-state index contributed by atoms with van der Waals surface area (Å²) in [4.78, 5) is 1.06. The molecule has 14 heavy (non-hydrogen) atoms. The van der Waals surface area contributed by atoms with Crippen molar-refractivity contribution in [3.05, 3.63) is 18.2 Å². The highest BCUT2D eigenvalue weighted by Crippen LogP contribution is 2.33. The first-order valence-corrected chi connectivity index (χ1v) is 6.39. The number of hydrogen-bond acceptors (Lipinski definition) is 4. The summed E-state index contributed by atoms with van der Waals surface area (Å²) in [5.41, 5.74) is 0. The fourth-order valence-electron chi connectivity index (χ4n) is 1.09. The van der Waals surface area contributed by atoms with Gasteiger partial charge in [-0.2, -0.15) is 0 Å². The van der Waals surface area contributed by atoms with Crippen LogP contribution in [0.25, 0.3) is 0 Å². The Labute approximate surface area is 93.8 Å². The van der Waals surface area contributed by atoms with E-state index in [2.05, 4.69) is 11.7 Å². The Morgan fingerprint density at radius 1 is 1.14 bits per heavy atom. The molecule has 0 aliphatic rings. The summed E-state index contributed by atoms with van der Waals surface area (Å²) in [7, 11) is 1.39. The molecule has 0 radical (unpaired) electrons. The zero-order valence-electron chi connectivity index (χ0n) is 8.32. The third-order valence-electron chi connectivity index (χ3n) is 1.62. The van der Waals surface area contributed by atoms with Crippen LogP contribution in [-0.4, -0.2) is 13.2 Å². The second kappa shape index (κ2) is 6.09. The molecule has 0 aliphatic heterocycles. The number of ether oxygens (including phenoxy) is 2. The number of rotatable bonds is 5. The first kappa shape index (κ1) is 11.6. The summed E-state index contributed by atoms with van der Waals surface area (Å²) in [6, 6.07) is 5.81. The van der Waals surface area contributed by atoms with Crippen molar-refractivity contribution in [1.29, 1.82) is 0 Å². The van der Waals surface area contributed by atoms with Crippen molar-refractivity contribution >= 4 is 22.5 Å². The minimum Gasteiger partial charge on any atom is -0.490 e. The summed E-state index contributed by atoms with van der Waals surface area (Å²) in [6.45, 7) is 5.20. The Morgan fingerprint density at radius 2 is 1.79 bits per heavy atom. The lowest BCUT2D eigenvalue weighted by molar-refractivity contribution is 0.287. The van der Waals surface area contributed by atoms with Crippen molar-refractivity contribution in [1.82, 2.24) is 0 Å². The van der Waals surface area contributed by atoms with Gasteiger partial charge in [0.15, 0.2) is 11.5 Å². The molecule has 78 valence electrons. The highest BCUT2D eigenvalue weighted by molar-refractivity contribution is 8.68. The molecule has 0 atom stereocenters. The fourth-order valence-corrected chi connectivity index (χ4v) is 1.72. The summed E-state index contributed by atoms with van der Waals surface area (Å²) in [5, 5.41) is 0. The first-order chi connectivity index (χ1) is 6.81. The van der Waals surface area contributed by atoms with Crippen LogP contribution in [-0.2, 0) is 0 Å². The Morgan fingerprint density at radius 3 is 2.36 bits per heavy atom. The van der Waals surface area contributed by atoms with Crippen LogP contribution in [0.2, 0.25) is 0 Å². The van der Waals surface area contributed by atoms with Gasteiger partial charge in [0.05, 0.1) is 13.2 Å². The summed E-state index contributed by atoms with van der Waals surface area (Å²) in [5.74, 6) is 1.58. The zero-order chi connectivity index (χ0) is 10.4. The van der Waals surface area contributed by atoms with Crippen LogP contribution in [0.15, 0.2) is 23.1 Å². The van der Waals surface area contributed by atoms with E-state index in [1.54, 1.807) is 0 Å². The normalized spacial score (nSPS) is 9.93. The van der Waals surface area contributed by atoms with E-state index in [9.17, 15) is 0 Å². The summed E-state index contributed by atoms with van der Waals surface area (Å²) >= 11 is 4.13. The van der Waals surface area contributed by atoms with E-state index in [0.717, 1.165) is 16.4 Å². The van der Waals surface area contributed by atoms with Crippen molar-refractivity contribution in [3.8, 4) is 11.5 Å². The molecular weight excluding hydrogens is 216 g/mol. The second-order valence-electron chi connectivity index (χ2n) is 2.57. The van der Waals surface area contributed by atoms with E-state index in [4.69, 9.17) is 9.47 Å². The van der Waals surface area contributed by atoms with E-state index >= 15 is 0 Å². The minimum absolute atomic E-state index is 0.640. The van der Waals surface area contributed by atoms with Crippen LogP contribution in [0.1, 0.15) is 13.8 Å². The molecule has 2 nitrogen and oxygen atoms in total. The first-order valence-electron chi connectivity index (χ1n) is 4.52. The van der Waals surface area contributed by atoms with E-state index in [-0.39, 0.29) is 0 Å². The Kier molecular flexibility index (Phi) is 5.04. The van der Waals surface area contributed by atoms with E-state index in [1.165, 1.54) is 10.8 Å². The molecule has 0 spiro atoms. The molecular formula is C10H14O2S2. The van der Waals surface area contributed by atoms with Gasteiger partial charge in [-0.3, -0.25) is 0 Å². The van der Waals surface area contributed by atoms with E-state index in [1.807, 2.05) is 32.0 Å². The maximum Gasteiger partial charge on any atom is 0.162 e. The molecule has 0 amide bonds. The fraction of sp³-hybridized carbons (Fsp3) is 0.400. The standard InChI is InChI=1S/C10H14O2S2/c1-3-11-9-6-5-8(14-13)7-10(9)12-4-2/h5-7,13H,3-4H2,1-2H3. The molecule has 0 heterocycles. The van der Waals surface area contributed by atoms with Crippen molar-refractivity contribution in [2.75, 3.05) is 13.2 Å². The van der Waals surface area contributed by atoms with Crippen LogP contribution < -0.4 is 9.47 Å². The van der Waals surface area contributed by atoms with Gasteiger partial charge < -0.3 is 9.47 Å². The quantitative estimate of drug-likeness (QED) is 0.617. The molecule has 1 aromatic rings. The third kappa shape index (κ3) is 3.03. The maximum absolute atomic E-state index is 5.46. The number of hydrogen-bond donors (Lipinski definition) is 1. The third-order valence-corrected chi connectivity index (χ3v) is 2.72. The molecule has 0 aromatic heterocycles. The van der Waals surface area contributed by atoms with Crippen LogP contribution in [0.3, 0.4) is 0 Å². The maximum atomic E-state index is 5.46. The number of thiol groups is 1. The van der Waals surface area contributed by atoms with Crippen molar-refractivity contribution < 1.29 is 9.47 Å². The number of benzene rings is 1. The summed E-state index contributed by atoms with van der Waals surface area (Å²) < 4.78 is 10.9. The zero-order valence-corrected chi connectivity index (χ0v) is 10.0. The average Bonchev–Trinajstić information content (AvgIpc) is 2.21. The molecule has 0 unspecified atom stereocenters. The minimum atomic E-state index is 0.640. The van der Waals surface area contributed by atoms with Crippen molar-refractivity contribution in [3.63, 3.8) is 0 Å². The van der Waals surface area contributed by atoms with Crippen molar-refractivity contribution in [2.45, 2.75) is 18.7 Å². The Hall–Kier alpha value is -0.480. The molecule has 0 bridgehead atoms. The highest BCUT2D eigenvalue weighted by Gasteiger charge is 2.05. The second-order valence-corrected chi connectivity index (χ2v) is 3.77. The van der Waals surface area contributed by atoms with Crippen LogP contribution in [0, 0.1) is 0 Å². The molecule has 1 rings (SSSR count). The largest absolute Gasteiger partial charge is 0.490 e. The van der Waals surface area contributed by atoms with Crippen LogP contribution >= 0.6 is 22.5 Å². The highest BCUT2D eigenvalue weighted by atomic mass is 33.1. The average molecular weight is 230 g/mol. The molecule has 0 saturated heterocycles. The van der Waals surface area contributed by atoms with Gasteiger partial charge in [-0.25, -0.2) is 0 Å². The van der Waals surface area contributed by atoms with Gasteiger partial charge in [0.1, 0.15) is 0 Å². The topological polar surface area (TPSA) is 18.5 Å². The Bertz CT molecular complexity index is 289. The lowest BCUT2D eigenvalue weighted by Crippen LogP contribution is -1.98. The lowest BCUT2D eigenvalue weighted by Gasteiger charge is -2.11. The smallest absolute Gasteiger partial charge is 0.162 e. The van der Waals surface area contributed by atoms with Gasteiger partial charge in [-0.15, -0.1) is 11.7 Å². The van der Waals surface area contributed by atoms with E-state index < -0.39 is 0 Å². The predicted octanol–water partition coefficient (Wildman–Crippen LogP) is 3.42. The summed E-state index contributed by atoms with van der Waals surface area (Å²) in [6.07, 6.45) is 0. The van der Waals surface area contributed by atoms with Gasteiger partial charge >= 0.3 is 0 Å². The molecule has 4 heteroatoms. The SMILES string of the molecule is CCOc1ccc(SS)cc1OCC. The van der Waals surface area contributed by atoms with Crippen LogP contribution in [0.5, 0.6) is 11.5 Å². The molecule has 0 fully saturated rings. The van der Waals surface area contributed by atoms with E-state index in [0.29, 0.717) is 13.2 Å². The van der Waals surface area contributed by atoms with Gasteiger partial charge in [-0.1, -0.05) is 10.8 Å². The van der Waals surface area contributed by atoms with Gasteiger partial charge in [0, 0.05) is 4.90 Å². The Balaban J connectivity index is 2.91. The molecule has 0 saturated carbocycles. The molecule has 0 aliphatic carbocycles. The molecule has 0 N–H and O–H groups in total. The van der Waals surface area contributed by atoms with Crippen LogP contribution in [0.4, 0.5) is 0 Å². The lowest BCUT2D eigenvalue weighted by atomic mass is 10.3. The van der Waals surface area contributed by atoms with Crippen molar-refractivity contribution in [2.24, 2.45) is 0 Å². The monoisotopic (exact) mass is 230 g/mol. The van der Waals surface area contributed by atoms with Gasteiger partial charge in [0.2, 0.25) is 0 Å².